The standard InChI is InChI=1S/C20H24OS/c1-5-7-12-21-18-11-10-17-16-9-8-15(6-2)13(3)19(16)22-20(17)14(18)4/h8-11H,5-7,12H2,1-4H3. The molecule has 0 fully saturated rings. The minimum atomic E-state index is 0.812. The second-order valence-corrected chi connectivity index (χ2v) is 6.97. The van der Waals surface area contributed by atoms with Crippen LogP contribution in [0.15, 0.2) is 24.3 Å². The third kappa shape index (κ3) is 2.50. The number of thiophene rings is 1. The molecule has 1 nitrogen and oxygen atoms in total. The van der Waals surface area contributed by atoms with E-state index < -0.39 is 0 Å². The van der Waals surface area contributed by atoms with Crippen molar-refractivity contribution in [1.82, 2.24) is 0 Å². The summed E-state index contributed by atoms with van der Waals surface area (Å²) in [5, 5.41) is 2.75. The summed E-state index contributed by atoms with van der Waals surface area (Å²) in [6, 6.07) is 8.94. The van der Waals surface area contributed by atoms with Gasteiger partial charge >= 0.3 is 0 Å². The van der Waals surface area contributed by atoms with Crippen molar-refractivity contribution in [3.05, 3.63) is 41.0 Å². The van der Waals surface area contributed by atoms with Crippen molar-refractivity contribution in [2.75, 3.05) is 6.61 Å². The van der Waals surface area contributed by atoms with Gasteiger partial charge in [0.1, 0.15) is 5.75 Å². The highest BCUT2D eigenvalue weighted by Gasteiger charge is 2.13. The first kappa shape index (κ1) is 15.4. The van der Waals surface area contributed by atoms with Crippen molar-refractivity contribution in [1.29, 1.82) is 0 Å². The predicted octanol–water partition coefficient (Wildman–Crippen LogP) is 6.41. The molecule has 0 amide bonds. The highest BCUT2D eigenvalue weighted by atomic mass is 32.1. The molecule has 116 valence electrons. The molecule has 1 aromatic heterocycles. The number of fused-ring (bicyclic) bond motifs is 3. The lowest BCUT2D eigenvalue weighted by Gasteiger charge is -2.09. The van der Waals surface area contributed by atoms with Gasteiger partial charge in [0.2, 0.25) is 0 Å². The van der Waals surface area contributed by atoms with Crippen molar-refractivity contribution >= 4 is 31.5 Å². The molecule has 0 saturated carbocycles. The Balaban J connectivity index is 2.14. The molecule has 0 spiro atoms. The average molecular weight is 312 g/mol. The van der Waals surface area contributed by atoms with E-state index >= 15 is 0 Å². The van der Waals surface area contributed by atoms with E-state index in [0.717, 1.165) is 25.2 Å². The Morgan fingerprint density at radius 3 is 2.27 bits per heavy atom. The number of unbranched alkanes of at least 4 members (excludes halogenated alkanes) is 1. The van der Waals surface area contributed by atoms with E-state index in [0.29, 0.717) is 0 Å². The van der Waals surface area contributed by atoms with Gasteiger partial charge in [-0.05, 0) is 49.9 Å². The fourth-order valence-electron chi connectivity index (χ4n) is 3.06. The molecule has 0 saturated heterocycles. The van der Waals surface area contributed by atoms with Gasteiger partial charge in [0.25, 0.3) is 0 Å². The Kier molecular flexibility index (Phi) is 4.39. The van der Waals surface area contributed by atoms with E-state index in [1.54, 1.807) is 0 Å². The Labute approximate surface area is 136 Å². The van der Waals surface area contributed by atoms with Gasteiger partial charge in [-0.25, -0.2) is 0 Å². The van der Waals surface area contributed by atoms with Crippen LogP contribution in [0.1, 0.15) is 43.4 Å². The zero-order valence-electron chi connectivity index (χ0n) is 14.0. The van der Waals surface area contributed by atoms with Crippen LogP contribution in [-0.4, -0.2) is 6.61 Å². The smallest absolute Gasteiger partial charge is 0.123 e. The first-order chi connectivity index (χ1) is 10.7. The molecule has 0 radical (unpaired) electrons. The van der Waals surface area contributed by atoms with Gasteiger partial charge in [-0.1, -0.05) is 32.4 Å². The SMILES string of the molecule is CCCCOc1ccc2c(sc3c(C)c(CC)ccc32)c1C. The molecule has 3 rings (SSSR count). The second kappa shape index (κ2) is 6.29. The van der Waals surface area contributed by atoms with Crippen molar-refractivity contribution in [2.24, 2.45) is 0 Å². The summed E-state index contributed by atoms with van der Waals surface area (Å²) >= 11 is 1.92. The molecule has 1 heterocycles. The van der Waals surface area contributed by atoms with Crippen molar-refractivity contribution in [3.63, 3.8) is 0 Å². The monoisotopic (exact) mass is 312 g/mol. The molecular weight excluding hydrogens is 288 g/mol. The Morgan fingerprint density at radius 1 is 0.909 bits per heavy atom. The Hall–Kier alpha value is -1.54. The minimum Gasteiger partial charge on any atom is -0.493 e. The largest absolute Gasteiger partial charge is 0.493 e. The van der Waals surface area contributed by atoms with Gasteiger partial charge in [0.15, 0.2) is 0 Å². The van der Waals surface area contributed by atoms with E-state index in [2.05, 4.69) is 52.0 Å². The van der Waals surface area contributed by atoms with Crippen LogP contribution in [0.25, 0.3) is 20.2 Å². The molecule has 22 heavy (non-hydrogen) atoms. The number of benzene rings is 2. The fourth-order valence-corrected chi connectivity index (χ4v) is 4.38. The van der Waals surface area contributed by atoms with Gasteiger partial charge in [0, 0.05) is 25.7 Å². The van der Waals surface area contributed by atoms with Gasteiger partial charge in [-0.2, -0.15) is 0 Å². The molecule has 0 aliphatic rings. The molecule has 0 aliphatic heterocycles. The lowest BCUT2D eigenvalue weighted by Crippen LogP contribution is -1.97. The molecular formula is C20H24OS. The third-order valence-corrected chi connectivity index (χ3v) is 5.97. The number of hydrogen-bond donors (Lipinski definition) is 0. The van der Waals surface area contributed by atoms with Crippen LogP contribution in [0.4, 0.5) is 0 Å². The summed E-state index contributed by atoms with van der Waals surface area (Å²) in [6.07, 6.45) is 3.38. The molecule has 0 bridgehead atoms. The molecule has 2 aromatic carbocycles. The molecule has 0 atom stereocenters. The van der Waals surface area contributed by atoms with Gasteiger partial charge in [0.05, 0.1) is 6.61 Å². The first-order valence-corrected chi connectivity index (χ1v) is 9.06. The molecule has 3 aromatic rings. The maximum absolute atomic E-state index is 5.96. The van der Waals surface area contributed by atoms with Crippen LogP contribution in [0.3, 0.4) is 0 Å². The summed E-state index contributed by atoms with van der Waals surface area (Å²) in [5.41, 5.74) is 4.18. The van der Waals surface area contributed by atoms with Gasteiger partial charge in [-0.3, -0.25) is 0 Å². The third-order valence-electron chi connectivity index (χ3n) is 4.50. The van der Waals surface area contributed by atoms with Crippen molar-refractivity contribution in [3.8, 4) is 5.75 Å². The summed E-state index contributed by atoms with van der Waals surface area (Å²) in [6.45, 7) is 9.68. The summed E-state index contributed by atoms with van der Waals surface area (Å²) in [4.78, 5) is 0. The normalized spacial score (nSPS) is 11.5. The molecule has 0 aliphatic carbocycles. The second-order valence-electron chi connectivity index (χ2n) is 5.95. The summed E-state index contributed by atoms with van der Waals surface area (Å²) in [7, 11) is 0. The number of ether oxygens (including phenoxy) is 1. The quantitative estimate of drug-likeness (QED) is 0.494. The van der Waals surface area contributed by atoms with Crippen LogP contribution in [0.2, 0.25) is 0 Å². The van der Waals surface area contributed by atoms with E-state index in [-0.39, 0.29) is 0 Å². The topological polar surface area (TPSA) is 9.23 Å². The van der Waals surface area contributed by atoms with Crippen LogP contribution in [0, 0.1) is 13.8 Å². The Morgan fingerprint density at radius 2 is 1.59 bits per heavy atom. The highest BCUT2D eigenvalue weighted by molar-refractivity contribution is 7.26. The zero-order valence-corrected chi connectivity index (χ0v) is 14.8. The van der Waals surface area contributed by atoms with E-state index in [1.807, 2.05) is 11.3 Å². The van der Waals surface area contributed by atoms with Crippen LogP contribution >= 0.6 is 11.3 Å². The van der Waals surface area contributed by atoms with E-state index in [1.165, 1.54) is 43.3 Å². The van der Waals surface area contributed by atoms with Crippen molar-refractivity contribution in [2.45, 2.75) is 47.0 Å². The van der Waals surface area contributed by atoms with E-state index in [4.69, 9.17) is 4.74 Å². The van der Waals surface area contributed by atoms with Gasteiger partial charge in [-0.15, -0.1) is 11.3 Å². The van der Waals surface area contributed by atoms with Gasteiger partial charge < -0.3 is 4.74 Å². The first-order valence-electron chi connectivity index (χ1n) is 8.24. The number of aryl methyl sites for hydroxylation is 3. The number of hydrogen-bond acceptors (Lipinski definition) is 2. The summed E-state index contributed by atoms with van der Waals surface area (Å²) < 4.78 is 8.77. The van der Waals surface area contributed by atoms with Crippen molar-refractivity contribution < 1.29 is 4.74 Å². The minimum absolute atomic E-state index is 0.812. The summed E-state index contributed by atoms with van der Waals surface area (Å²) in [5.74, 6) is 1.04. The van der Waals surface area contributed by atoms with Crippen LogP contribution in [0.5, 0.6) is 5.75 Å². The fraction of sp³-hybridized carbons (Fsp3) is 0.400. The highest BCUT2D eigenvalue weighted by Crippen LogP contribution is 2.41. The predicted molar refractivity (Wildman–Crippen MR) is 98.6 cm³/mol. The zero-order chi connectivity index (χ0) is 15.7. The van der Waals surface area contributed by atoms with Crippen LogP contribution < -0.4 is 4.74 Å². The molecule has 2 heteroatoms. The van der Waals surface area contributed by atoms with Crippen LogP contribution in [-0.2, 0) is 6.42 Å². The lowest BCUT2D eigenvalue weighted by atomic mass is 10.0. The average Bonchev–Trinajstić information content (AvgIpc) is 2.91. The van der Waals surface area contributed by atoms with E-state index in [9.17, 15) is 0 Å². The lowest BCUT2D eigenvalue weighted by molar-refractivity contribution is 0.308. The molecule has 0 unspecified atom stereocenters. The Bertz CT molecular complexity index is 814. The number of rotatable bonds is 5. The maximum atomic E-state index is 5.96. The molecule has 0 N–H and O–H groups in total. The maximum Gasteiger partial charge on any atom is 0.123 e.